The summed E-state index contributed by atoms with van der Waals surface area (Å²) in [7, 11) is 0. The van der Waals surface area contributed by atoms with E-state index < -0.39 is 5.97 Å². The van der Waals surface area contributed by atoms with Crippen LogP contribution in [-0.4, -0.2) is 15.6 Å². The van der Waals surface area contributed by atoms with E-state index in [0.717, 1.165) is 11.5 Å². The SMILES string of the molecule is Cc1nnsc1C(=O)OCc1ccc(Cl)cc1Cl. The zero-order chi connectivity index (χ0) is 13.1. The smallest absolute Gasteiger partial charge is 0.352 e. The molecule has 94 valence electrons. The summed E-state index contributed by atoms with van der Waals surface area (Å²) in [5.41, 5.74) is 1.26. The number of aryl methyl sites for hydroxylation is 1. The van der Waals surface area contributed by atoms with Gasteiger partial charge in [0.25, 0.3) is 0 Å². The Hall–Kier alpha value is -1.17. The van der Waals surface area contributed by atoms with Crippen LogP contribution in [0.3, 0.4) is 0 Å². The highest BCUT2D eigenvalue weighted by atomic mass is 35.5. The third kappa shape index (κ3) is 2.98. The van der Waals surface area contributed by atoms with Gasteiger partial charge in [0.15, 0.2) is 4.88 Å². The molecule has 0 aliphatic rings. The minimum atomic E-state index is -0.450. The van der Waals surface area contributed by atoms with Crippen LogP contribution < -0.4 is 0 Å². The van der Waals surface area contributed by atoms with Crippen molar-refractivity contribution >= 4 is 40.7 Å². The van der Waals surface area contributed by atoms with Crippen molar-refractivity contribution in [3.63, 3.8) is 0 Å². The van der Waals surface area contributed by atoms with E-state index >= 15 is 0 Å². The number of nitrogens with zero attached hydrogens (tertiary/aromatic N) is 2. The number of carbonyl (C=O) groups excluding carboxylic acids is 1. The normalized spacial score (nSPS) is 10.4. The van der Waals surface area contributed by atoms with E-state index in [1.165, 1.54) is 0 Å². The van der Waals surface area contributed by atoms with E-state index in [4.69, 9.17) is 27.9 Å². The average molecular weight is 303 g/mol. The number of aromatic nitrogens is 2. The van der Waals surface area contributed by atoms with Crippen molar-refractivity contribution in [3.05, 3.63) is 44.4 Å². The molecule has 0 radical (unpaired) electrons. The van der Waals surface area contributed by atoms with Gasteiger partial charge in [-0.1, -0.05) is 33.8 Å². The zero-order valence-electron chi connectivity index (χ0n) is 9.31. The largest absolute Gasteiger partial charge is 0.456 e. The molecule has 0 saturated carbocycles. The molecule has 0 saturated heterocycles. The lowest BCUT2D eigenvalue weighted by molar-refractivity contribution is 0.0477. The Morgan fingerprint density at radius 3 is 2.83 bits per heavy atom. The highest BCUT2D eigenvalue weighted by Gasteiger charge is 2.15. The maximum absolute atomic E-state index is 11.7. The second-order valence-corrected chi connectivity index (χ2v) is 5.10. The van der Waals surface area contributed by atoms with Crippen molar-refractivity contribution in [2.24, 2.45) is 0 Å². The van der Waals surface area contributed by atoms with Crippen molar-refractivity contribution < 1.29 is 9.53 Å². The monoisotopic (exact) mass is 302 g/mol. The lowest BCUT2D eigenvalue weighted by Gasteiger charge is -2.05. The summed E-state index contributed by atoms with van der Waals surface area (Å²) in [6, 6.07) is 5.01. The number of ether oxygens (including phenoxy) is 1. The molecule has 4 nitrogen and oxygen atoms in total. The molecule has 0 aliphatic carbocycles. The molecule has 18 heavy (non-hydrogen) atoms. The van der Waals surface area contributed by atoms with Gasteiger partial charge in [-0.15, -0.1) is 5.10 Å². The van der Waals surface area contributed by atoms with Gasteiger partial charge < -0.3 is 4.74 Å². The molecule has 0 unspecified atom stereocenters. The van der Waals surface area contributed by atoms with Gasteiger partial charge in [0.1, 0.15) is 6.61 Å². The molecule has 2 aromatic rings. The van der Waals surface area contributed by atoms with E-state index in [0.29, 0.717) is 26.2 Å². The first-order valence-corrected chi connectivity index (χ1v) is 6.51. The molecule has 2 rings (SSSR count). The van der Waals surface area contributed by atoms with Gasteiger partial charge in [-0.05, 0) is 30.6 Å². The van der Waals surface area contributed by atoms with E-state index in [-0.39, 0.29) is 6.61 Å². The second-order valence-electron chi connectivity index (χ2n) is 3.50. The van der Waals surface area contributed by atoms with Crippen LogP contribution in [0.1, 0.15) is 20.9 Å². The van der Waals surface area contributed by atoms with E-state index in [2.05, 4.69) is 9.59 Å². The van der Waals surface area contributed by atoms with Crippen molar-refractivity contribution in [1.29, 1.82) is 0 Å². The first kappa shape index (κ1) is 13.3. The molecule has 0 fully saturated rings. The van der Waals surface area contributed by atoms with Crippen LogP contribution in [-0.2, 0) is 11.3 Å². The Morgan fingerprint density at radius 1 is 1.44 bits per heavy atom. The number of rotatable bonds is 3. The van der Waals surface area contributed by atoms with Crippen LogP contribution in [0.2, 0.25) is 10.0 Å². The molecule has 1 aromatic heterocycles. The summed E-state index contributed by atoms with van der Waals surface area (Å²) in [4.78, 5) is 12.1. The average Bonchev–Trinajstić information content (AvgIpc) is 2.74. The van der Waals surface area contributed by atoms with Gasteiger partial charge in [-0.3, -0.25) is 0 Å². The van der Waals surface area contributed by atoms with Gasteiger partial charge in [-0.2, -0.15) is 0 Å². The van der Waals surface area contributed by atoms with E-state index in [9.17, 15) is 4.79 Å². The number of esters is 1. The highest BCUT2D eigenvalue weighted by Crippen LogP contribution is 2.22. The fourth-order valence-corrected chi connectivity index (χ4v) is 2.28. The summed E-state index contributed by atoms with van der Waals surface area (Å²) < 4.78 is 8.81. The molecule has 7 heteroatoms. The van der Waals surface area contributed by atoms with Gasteiger partial charge in [0.05, 0.1) is 5.69 Å². The number of carbonyl (C=O) groups is 1. The van der Waals surface area contributed by atoms with Crippen molar-refractivity contribution in [1.82, 2.24) is 9.59 Å². The fourth-order valence-electron chi connectivity index (χ4n) is 1.27. The van der Waals surface area contributed by atoms with E-state index in [1.807, 2.05) is 0 Å². The van der Waals surface area contributed by atoms with Crippen LogP contribution in [0.5, 0.6) is 0 Å². The minimum Gasteiger partial charge on any atom is -0.456 e. The Labute approximate surface area is 118 Å². The first-order chi connectivity index (χ1) is 8.58. The lowest BCUT2D eigenvalue weighted by atomic mass is 10.2. The van der Waals surface area contributed by atoms with Gasteiger partial charge in [0.2, 0.25) is 0 Å². The third-order valence-corrected chi connectivity index (χ3v) is 3.61. The quantitative estimate of drug-likeness (QED) is 0.814. The summed E-state index contributed by atoms with van der Waals surface area (Å²) >= 11 is 12.8. The molecule has 0 spiro atoms. The summed E-state index contributed by atoms with van der Waals surface area (Å²) in [5.74, 6) is -0.450. The molecular weight excluding hydrogens is 295 g/mol. The Kier molecular flexibility index (Phi) is 4.16. The third-order valence-electron chi connectivity index (χ3n) is 2.21. The zero-order valence-corrected chi connectivity index (χ0v) is 11.6. The van der Waals surface area contributed by atoms with Crippen molar-refractivity contribution in [2.45, 2.75) is 13.5 Å². The number of benzene rings is 1. The van der Waals surface area contributed by atoms with E-state index in [1.54, 1.807) is 25.1 Å². The molecule has 0 aliphatic heterocycles. The molecule has 0 bridgehead atoms. The van der Waals surface area contributed by atoms with Gasteiger partial charge in [-0.25, -0.2) is 4.79 Å². The Bertz CT molecular complexity index is 586. The maximum Gasteiger partial charge on any atom is 0.352 e. The number of halogens is 2. The lowest BCUT2D eigenvalue weighted by Crippen LogP contribution is -2.05. The standard InChI is InChI=1S/C11H8Cl2N2O2S/c1-6-10(18-15-14-6)11(16)17-5-7-2-3-8(12)4-9(7)13/h2-4H,5H2,1H3. The second kappa shape index (κ2) is 5.65. The molecule has 0 N–H and O–H groups in total. The molecule has 0 atom stereocenters. The van der Waals surface area contributed by atoms with Gasteiger partial charge >= 0.3 is 5.97 Å². The predicted molar refractivity (Wildman–Crippen MR) is 70.2 cm³/mol. The van der Waals surface area contributed by atoms with Crippen LogP contribution in [0.4, 0.5) is 0 Å². The summed E-state index contributed by atoms with van der Waals surface area (Å²) in [6.07, 6.45) is 0. The Balaban J connectivity index is 2.04. The first-order valence-electron chi connectivity index (χ1n) is 4.98. The van der Waals surface area contributed by atoms with Crippen LogP contribution in [0.15, 0.2) is 18.2 Å². The van der Waals surface area contributed by atoms with Crippen LogP contribution in [0, 0.1) is 6.92 Å². The molecule has 1 aromatic carbocycles. The summed E-state index contributed by atoms with van der Waals surface area (Å²) in [6.45, 7) is 1.79. The van der Waals surface area contributed by atoms with Crippen molar-refractivity contribution in [3.8, 4) is 0 Å². The summed E-state index contributed by atoms with van der Waals surface area (Å²) in [5, 5.41) is 4.75. The number of hydrogen-bond donors (Lipinski definition) is 0. The molecular formula is C11H8Cl2N2O2S. The topological polar surface area (TPSA) is 52.1 Å². The number of hydrogen-bond acceptors (Lipinski definition) is 5. The van der Waals surface area contributed by atoms with Crippen LogP contribution >= 0.6 is 34.7 Å². The van der Waals surface area contributed by atoms with Crippen LogP contribution in [0.25, 0.3) is 0 Å². The molecule has 1 heterocycles. The predicted octanol–water partition coefficient (Wildman–Crippen LogP) is 3.51. The highest BCUT2D eigenvalue weighted by molar-refractivity contribution is 7.07. The molecule has 0 amide bonds. The fraction of sp³-hybridized carbons (Fsp3) is 0.182. The maximum atomic E-state index is 11.7. The Morgan fingerprint density at radius 2 is 2.22 bits per heavy atom. The van der Waals surface area contributed by atoms with Gasteiger partial charge in [0, 0.05) is 15.6 Å². The minimum absolute atomic E-state index is 0.0895. The van der Waals surface area contributed by atoms with Crippen molar-refractivity contribution in [2.75, 3.05) is 0 Å².